The normalized spacial score (nSPS) is 17.0. The third-order valence-electron chi connectivity index (χ3n) is 7.67. The highest BCUT2D eigenvalue weighted by molar-refractivity contribution is 6.01. The molecule has 0 radical (unpaired) electrons. The third-order valence-corrected chi connectivity index (χ3v) is 7.67. The minimum atomic E-state index is -5.31. The quantitative estimate of drug-likeness (QED) is 0.0888. The summed E-state index contributed by atoms with van der Waals surface area (Å²) in [6.07, 6.45) is -3.16. The molecule has 11 heteroatoms. The molecular weight excluding hydrogens is 592 g/mol. The number of carbonyl (C=O) groups is 1. The van der Waals surface area contributed by atoms with Crippen LogP contribution in [0.5, 0.6) is 5.75 Å². The number of halogens is 4. The summed E-state index contributed by atoms with van der Waals surface area (Å²) in [5.74, 6) is -2.71. The summed E-state index contributed by atoms with van der Waals surface area (Å²) < 4.78 is 74.7. The van der Waals surface area contributed by atoms with Gasteiger partial charge in [-0.3, -0.25) is 4.79 Å². The largest absolute Gasteiger partial charge is 0.488 e. The van der Waals surface area contributed by atoms with E-state index >= 15 is 0 Å². The minimum Gasteiger partial charge on any atom is -0.488 e. The number of ether oxygens (including phenoxy) is 3. The molecule has 1 aliphatic rings. The van der Waals surface area contributed by atoms with Gasteiger partial charge in [0.1, 0.15) is 18.2 Å². The van der Waals surface area contributed by atoms with Crippen LogP contribution in [-0.2, 0) is 26.4 Å². The van der Waals surface area contributed by atoms with Gasteiger partial charge in [0.2, 0.25) is 0 Å². The lowest BCUT2D eigenvalue weighted by Gasteiger charge is -2.42. The van der Waals surface area contributed by atoms with Gasteiger partial charge in [-0.05, 0) is 68.4 Å². The topological polar surface area (TPSA) is 80.6 Å². The second-order valence-corrected chi connectivity index (χ2v) is 10.9. The Balaban J connectivity index is 1.74. The van der Waals surface area contributed by atoms with Crippen LogP contribution in [0.1, 0.15) is 62.1 Å². The average Bonchev–Trinajstić information content (AvgIpc) is 3.05. The zero-order valence-corrected chi connectivity index (χ0v) is 25.1. The highest BCUT2D eigenvalue weighted by atomic mass is 19.4. The maximum Gasteiger partial charge on any atom is 0.473 e. The number of aliphatic hydroxyl groups excluding tert-OH is 1. The fraction of sp³-hybridized carbons (Fsp3) is 0.412. The van der Waals surface area contributed by atoms with Crippen molar-refractivity contribution < 1.29 is 41.7 Å². The first-order chi connectivity index (χ1) is 21.6. The van der Waals surface area contributed by atoms with Crippen LogP contribution in [0.25, 0.3) is 0 Å². The minimum absolute atomic E-state index is 0.0244. The fourth-order valence-corrected chi connectivity index (χ4v) is 5.41. The number of amides is 1. The summed E-state index contributed by atoms with van der Waals surface area (Å²) in [5, 5.41) is 14.8. The van der Waals surface area contributed by atoms with E-state index < -0.39 is 36.3 Å². The van der Waals surface area contributed by atoms with Crippen molar-refractivity contribution in [2.45, 2.75) is 70.1 Å². The van der Waals surface area contributed by atoms with E-state index in [2.05, 4.69) is 5.10 Å². The number of carbonyl (C=O) groups excluding carboxylic acids is 1. The Morgan fingerprint density at radius 3 is 2.38 bits per heavy atom. The van der Waals surface area contributed by atoms with E-state index in [0.29, 0.717) is 23.6 Å². The SMILES string of the molecule is C/C(=N\N(C(=O)C(F)(F)F)C(CCO)(CCCOC1CCCCO1)c1ccccc1)c1cc(F)ccc1OCc1ccccc1. The first-order valence-corrected chi connectivity index (χ1v) is 15.0. The molecule has 242 valence electrons. The maximum atomic E-state index is 14.5. The molecule has 1 heterocycles. The van der Waals surface area contributed by atoms with Crippen molar-refractivity contribution in [2.75, 3.05) is 19.8 Å². The van der Waals surface area contributed by atoms with Gasteiger partial charge in [-0.1, -0.05) is 60.7 Å². The molecule has 3 aromatic carbocycles. The van der Waals surface area contributed by atoms with Crippen molar-refractivity contribution in [3.05, 3.63) is 101 Å². The predicted molar refractivity (Wildman–Crippen MR) is 161 cm³/mol. The number of hydrogen-bond acceptors (Lipinski definition) is 6. The molecule has 1 fully saturated rings. The van der Waals surface area contributed by atoms with Crippen LogP contribution in [0.3, 0.4) is 0 Å². The Labute approximate surface area is 260 Å². The van der Waals surface area contributed by atoms with Gasteiger partial charge in [-0.25, -0.2) is 9.40 Å². The molecule has 3 aromatic rings. The van der Waals surface area contributed by atoms with E-state index in [0.717, 1.165) is 24.5 Å². The van der Waals surface area contributed by atoms with Crippen molar-refractivity contribution in [1.82, 2.24) is 5.01 Å². The molecule has 0 aliphatic carbocycles. The second-order valence-electron chi connectivity index (χ2n) is 10.9. The molecule has 0 saturated carbocycles. The molecule has 1 amide bonds. The van der Waals surface area contributed by atoms with Crippen molar-refractivity contribution in [3.63, 3.8) is 0 Å². The predicted octanol–water partition coefficient (Wildman–Crippen LogP) is 7.12. The van der Waals surface area contributed by atoms with Crippen LogP contribution in [-0.4, -0.2) is 54.0 Å². The number of aliphatic hydroxyl groups is 1. The molecule has 1 aliphatic heterocycles. The summed E-state index contributed by atoms with van der Waals surface area (Å²) >= 11 is 0. The summed E-state index contributed by atoms with van der Waals surface area (Å²) in [6, 6.07) is 21.0. The van der Waals surface area contributed by atoms with Gasteiger partial charge < -0.3 is 19.3 Å². The molecule has 4 rings (SSSR count). The van der Waals surface area contributed by atoms with Gasteiger partial charge in [0.25, 0.3) is 0 Å². The van der Waals surface area contributed by atoms with Crippen LogP contribution < -0.4 is 4.74 Å². The van der Waals surface area contributed by atoms with Crippen molar-refractivity contribution in [1.29, 1.82) is 0 Å². The molecule has 45 heavy (non-hydrogen) atoms. The molecule has 0 bridgehead atoms. The molecule has 2 atom stereocenters. The third kappa shape index (κ3) is 9.12. The maximum absolute atomic E-state index is 14.5. The van der Waals surface area contributed by atoms with Gasteiger partial charge >= 0.3 is 12.1 Å². The highest BCUT2D eigenvalue weighted by Gasteiger charge is 2.51. The zero-order chi connectivity index (χ0) is 32.3. The lowest BCUT2D eigenvalue weighted by Crippen LogP contribution is -2.52. The van der Waals surface area contributed by atoms with Crippen molar-refractivity contribution >= 4 is 11.6 Å². The fourth-order valence-electron chi connectivity index (χ4n) is 5.41. The number of rotatable bonds is 14. The van der Waals surface area contributed by atoms with Gasteiger partial charge in [-0.2, -0.15) is 18.3 Å². The average molecular weight is 631 g/mol. The molecule has 1 saturated heterocycles. The van der Waals surface area contributed by atoms with E-state index in [4.69, 9.17) is 14.2 Å². The van der Waals surface area contributed by atoms with Gasteiger partial charge in [0.15, 0.2) is 6.29 Å². The smallest absolute Gasteiger partial charge is 0.473 e. The van der Waals surface area contributed by atoms with Crippen LogP contribution in [0.2, 0.25) is 0 Å². The van der Waals surface area contributed by atoms with Crippen LogP contribution >= 0.6 is 0 Å². The van der Waals surface area contributed by atoms with Crippen LogP contribution in [0, 0.1) is 5.82 Å². The lowest BCUT2D eigenvalue weighted by molar-refractivity contribution is -0.194. The van der Waals surface area contributed by atoms with Crippen LogP contribution in [0.15, 0.2) is 84.0 Å². The summed E-state index contributed by atoms with van der Waals surface area (Å²) in [5.41, 5.74) is -0.557. The Bertz CT molecular complexity index is 1400. The Morgan fingerprint density at radius 2 is 1.73 bits per heavy atom. The zero-order valence-electron chi connectivity index (χ0n) is 25.1. The molecule has 1 N–H and O–H groups in total. The Kier molecular flexibility index (Phi) is 12.1. The van der Waals surface area contributed by atoms with E-state index in [-0.39, 0.29) is 49.5 Å². The number of hydrogen-bond donors (Lipinski definition) is 1. The second kappa shape index (κ2) is 16.0. The van der Waals surface area contributed by atoms with E-state index in [9.17, 15) is 27.5 Å². The lowest BCUT2D eigenvalue weighted by atomic mass is 9.81. The highest BCUT2D eigenvalue weighted by Crippen LogP contribution is 2.40. The molecule has 0 spiro atoms. The molecular formula is C34H38F4N2O5. The van der Waals surface area contributed by atoms with Gasteiger partial charge in [0.05, 0.1) is 11.3 Å². The Hall–Kier alpha value is -3.80. The Morgan fingerprint density at radius 1 is 1.02 bits per heavy atom. The summed E-state index contributed by atoms with van der Waals surface area (Å²) in [7, 11) is 0. The van der Waals surface area contributed by atoms with Gasteiger partial charge in [0, 0.05) is 31.8 Å². The monoisotopic (exact) mass is 630 g/mol. The molecule has 0 aromatic heterocycles. The first-order valence-electron chi connectivity index (χ1n) is 15.0. The van der Waals surface area contributed by atoms with E-state index in [1.807, 2.05) is 30.3 Å². The first kappa shape index (κ1) is 34.1. The number of benzene rings is 3. The number of nitrogens with zero attached hydrogens (tertiary/aromatic N) is 2. The summed E-state index contributed by atoms with van der Waals surface area (Å²) in [6.45, 7) is 1.69. The van der Waals surface area contributed by atoms with Crippen molar-refractivity contribution in [2.24, 2.45) is 5.10 Å². The molecule has 2 unspecified atom stereocenters. The van der Waals surface area contributed by atoms with Crippen molar-refractivity contribution in [3.8, 4) is 5.75 Å². The van der Waals surface area contributed by atoms with Crippen LogP contribution in [0.4, 0.5) is 17.6 Å². The standard InChI is InChI=1S/C34H38F4N2O5/c1-25(29-23-28(35)16-17-30(29)45-24-26-11-4-2-5-12-26)39-40(32(42)34(36,37)38)33(19-20-41,27-13-6-3-7-14-27)18-10-22-44-31-15-8-9-21-43-31/h2-7,11-14,16-17,23,31,41H,8-10,15,18-22,24H2,1H3/b39-25+. The van der Waals surface area contributed by atoms with E-state index in [1.165, 1.54) is 19.1 Å². The summed E-state index contributed by atoms with van der Waals surface area (Å²) in [4.78, 5) is 13.2. The number of alkyl halides is 3. The van der Waals surface area contributed by atoms with E-state index in [1.54, 1.807) is 30.3 Å². The van der Waals surface area contributed by atoms with Gasteiger partial charge in [-0.15, -0.1) is 0 Å². The molecule has 7 nitrogen and oxygen atoms in total. The number of hydrazone groups is 1.